The van der Waals surface area contributed by atoms with Gasteiger partial charge in [-0.25, -0.2) is 0 Å². The molecular formula is C12H23NO. The first kappa shape index (κ1) is 13.4. The molecule has 0 rings (SSSR count). The van der Waals surface area contributed by atoms with Gasteiger partial charge < -0.3 is 10.8 Å². The average Bonchev–Trinajstić information content (AvgIpc) is 2.15. The van der Waals surface area contributed by atoms with E-state index in [0.717, 1.165) is 6.42 Å². The minimum absolute atomic E-state index is 0.112. The summed E-state index contributed by atoms with van der Waals surface area (Å²) in [6, 6.07) is -0.125. The van der Waals surface area contributed by atoms with Gasteiger partial charge in [0.2, 0.25) is 0 Å². The van der Waals surface area contributed by atoms with Crippen molar-refractivity contribution >= 4 is 0 Å². The quantitative estimate of drug-likeness (QED) is 0.664. The van der Waals surface area contributed by atoms with Gasteiger partial charge in [-0.05, 0) is 20.3 Å². The Morgan fingerprint density at radius 1 is 1.50 bits per heavy atom. The molecule has 14 heavy (non-hydrogen) atoms. The van der Waals surface area contributed by atoms with Gasteiger partial charge in [0.1, 0.15) is 0 Å². The van der Waals surface area contributed by atoms with E-state index in [1.807, 2.05) is 39.8 Å². The van der Waals surface area contributed by atoms with E-state index in [4.69, 9.17) is 5.73 Å². The van der Waals surface area contributed by atoms with E-state index >= 15 is 0 Å². The van der Waals surface area contributed by atoms with Crippen molar-refractivity contribution in [2.24, 2.45) is 11.7 Å². The van der Waals surface area contributed by atoms with Gasteiger partial charge in [0, 0.05) is 12.0 Å². The topological polar surface area (TPSA) is 46.2 Å². The molecule has 0 aliphatic carbocycles. The molecule has 3 atom stereocenters. The molecule has 0 amide bonds. The molecule has 0 aromatic carbocycles. The molecule has 0 aliphatic rings. The predicted octanol–water partition coefficient (Wildman–Crippen LogP) is 2.24. The van der Waals surface area contributed by atoms with Crippen LogP contribution in [0.15, 0.2) is 23.8 Å². The Morgan fingerprint density at radius 3 is 2.50 bits per heavy atom. The summed E-state index contributed by atoms with van der Waals surface area (Å²) < 4.78 is 0. The fourth-order valence-corrected chi connectivity index (χ4v) is 1.46. The molecule has 2 nitrogen and oxygen atoms in total. The van der Waals surface area contributed by atoms with Crippen LogP contribution in [-0.2, 0) is 0 Å². The van der Waals surface area contributed by atoms with Crippen molar-refractivity contribution in [2.75, 3.05) is 0 Å². The van der Waals surface area contributed by atoms with Crippen molar-refractivity contribution < 1.29 is 5.11 Å². The van der Waals surface area contributed by atoms with Crippen LogP contribution in [0, 0.1) is 5.92 Å². The fourth-order valence-electron chi connectivity index (χ4n) is 1.46. The number of aliphatic hydroxyl groups excluding tert-OH is 1. The van der Waals surface area contributed by atoms with Crippen molar-refractivity contribution in [2.45, 2.75) is 46.3 Å². The summed E-state index contributed by atoms with van der Waals surface area (Å²) in [4.78, 5) is 0. The second-order valence-corrected chi connectivity index (χ2v) is 3.83. The maximum atomic E-state index is 9.81. The highest BCUT2D eigenvalue weighted by Crippen LogP contribution is 2.12. The molecule has 0 aromatic rings. The largest absolute Gasteiger partial charge is 0.391 e. The van der Waals surface area contributed by atoms with Crippen LogP contribution in [0.25, 0.3) is 0 Å². The Bertz CT molecular complexity index is 208. The first-order valence-electron chi connectivity index (χ1n) is 5.27. The van der Waals surface area contributed by atoms with Gasteiger partial charge in [0.25, 0.3) is 0 Å². The summed E-state index contributed by atoms with van der Waals surface area (Å²) in [6.07, 6.45) is 6.44. The van der Waals surface area contributed by atoms with Crippen LogP contribution in [0.5, 0.6) is 0 Å². The number of aliphatic hydroxyl groups is 1. The molecular weight excluding hydrogens is 174 g/mol. The molecule has 0 saturated heterocycles. The van der Waals surface area contributed by atoms with E-state index in [1.54, 1.807) is 0 Å². The summed E-state index contributed by atoms with van der Waals surface area (Å²) in [7, 11) is 0. The molecule has 0 heterocycles. The maximum Gasteiger partial charge on any atom is 0.0750 e. The molecule has 0 bridgehead atoms. The molecule has 1 unspecified atom stereocenters. The number of hydrogen-bond donors (Lipinski definition) is 2. The SMILES string of the molecule is C/C=C\C(C)=C/[C@@H](C)[C@H](O)C(N)CC. The molecule has 82 valence electrons. The van der Waals surface area contributed by atoms with E-state index in [0.29, 0.717) is 0 Å². The molecule has 3 N–H and O–H groups in total. The molecule has 0 fully saturated rings. The standard InChI is InChI=1S/C12H23NO/c1-5-7-9(3)8-10(4)12(14)11(13)6-2/h5,7-8,10-12,14H,6,13H2,1-4H3/b7-5-,9-8-/t10-,11?,12+/m1/s1. The van der Waals surface area contributed by atoms with Gasteiger partial charge in [0.15, 0.2) is 0 Å². The molecule has 0 radical (unpaired) electrons. The van der Waals surface area contributed by atoms with Crippen LogP contribution < -0.4 is 5.73 Å². The van der Waals surface area contributed by atoms with Gasteiger partial charge in [-0.15, -0.1) is 0 Å². The lowest BCUT2D eigenvalue weighted by Crippen LogP contribution is -2.37. The molecule has 0 aliphatic heterocycles. The summed E-state index contributed by atoms with van der Waals surface area (Å²) in [5.41, 5.74) is 6.94. The zero-order valence-corrected chi connectivity index (χ0v) is 9.70. The van der Waals surface area contributed by atoms with E-state index in [-0.39, 0.29) is 12.0 Å². The lowest BCUT2D eigenvalue weighted by atomic mass is 9.95. The molecule has 0 saturated carbocycles. The Kier molecular flexibility index (Phi) is 6.50. The van der Waals surface area contributed by atoms with Crippen LogP contribution in [0.3, 0.4) is 0 Å². The first-order chi connectivity index (χ1) is 6.52. The number of rotatable bonds is 5. The highest BCUT2D eigenvalue weighted by molar-refractivity contribution is 5.16. The van der Waals surface area contributed by atoms with E-state index in [2.05, 4.69) is 6.08 Å². The monoisotopic (exact) mass is 197 g/mol. The first-order valence-corrected chi connectivity index (χ1v) is 5.27. The van der Waals surface area contributed by atoms with Gasteiger partial charge in [0.05, 0.1) is 6.10 Å². The van der Waals surface area contributed by atoms with Crippen LogP contribution in [0.1, 0.15) is 34.1 Å². The normalized spacial score (nSPS) is 19.7. The fraction of sp³-hybridized carbons (Fsp3) is 0.667. The second kappa shape index (κ2) is 6.80. The van der Waals surface area contributed by atoms with Crippen molar-refractivity contribution in [3.63, 3.8) is 0 Å². The van der Waals surface area contributed by atoms with Gasteiger partial charge in [-0.3, -0.25) is 0 Å². The van der Waals surface area contributed by atoms with Crippen molar-refractivity contribution in [1.29, 1.82) is 0 Å². The summed E-state index contributed by atoms with van der Waals surface area (Å²) in [6.45, 7) is 7.99. The minimum atomic E-state index is -0.444. The third-order valence-corrected chi connectivity index (χ3v) is 2.40. The molecule has 0 aromatic heterocycles. The van der Waals surface area contributed by atoms with Gasteiger partial charge in [-0.2, -0.15) is 0 Å². The number of hydrogen-bond acceptors (Lipinski definition) is 2. The summed E-state index contributed by atoms with van der Waals surface area (Å²) in [5.74, 6) is 0.112. The Morgan fingerprint density at radius 2 is 2.07 bits per heavy atom. The lowest BCUT2D eigenvalue weighted by Gasteiger charge is -2.21. The molecule has 0 spiro atoms. The second-order valence-electron chi connectivity index (χ2n) is 3.83. The van der Waals surface area contributed by atoms with Gasteiger partial charge in [-0.1, -0.05) is 37.6 Å². The van der Waals surface area contributed by atoms with Crippen LogP contribution in [-0.4, -0.2) is 17.3 Å². The predicted molar refractivity (Wildman–Crippen MR) is 62.0 cm³/mol. The van der Waals surface area contributed by atoms with Gasteiger partial charge >= 0.3 is 0 Å². The third-order valence-electron chi connectivity index (χ3n) is 2.40. The lowest BCUT2D eigenvalue weighted by molar-refractivity contribution is 0.107. The van der Waals surface area contributed by atoms with E-state index in [9.17, 15) is 5.11 Å². The highest BCUT2D eigenvalue weighted by atomic mass is 16.3. The van der Waals surface area contributed by atoms with Crippen molar-refractivity contribution in [1.82, 2.24) is 0 Å². The van der Waals surface area contributed by atoms with Crippen molar-refractivity contribution in [3.05, 3.63) is 23.8 Å². The zero-order valence-electron chi connectivity index (χ0n) is 9.70. The van der Waals surface area contributed by atoms with E-state index < -0.39 is 6.10 Å². The van der Waals surface area contributed by atoms with Crippen LogP contribution >= 0.6 is 0 Å². The average molecular weight is 197 g/mol. The van der Waals surface area contributed by atoms with Crippen LogP contribution in [0.2, 0.25) is 0 Å². The van der Waals surface area contributed by atoms with Crippen LogP contribution in [0.4, 0.5) is 0 Å². The smallest absolute Gasteiger partial charge is 0.0750 e. The molecule has 2 heteroatoms. The van der Waals surface area contributed by atoms with Crippen molar-refractivity contribution in [3.8, 4) is 0 Å². The van der Waals surface area contributed by atoms with E-state index in [1.165, 1.54) is 5.57 Å². The Hall–Kier alpha value is -0.600. The Balaban J connectivity index is 4.32. The summed E-state index contributed by atoms with van der Waals surface area (Å²) in [5, 5.41) is 9.81. The number of allylic oxidation sites excluding steroid dienone is 3. The zero-order chi connectivity index (χ0) is 11.1. The Labute approximate surface area is 87.5 Å². The maximum absolute atomic E-state index is 9.81. The third kappa shape index (κ3) is 4.58. The highest BCUT2D eigenvalue weighted by Gasteiger charge is 2.18. The summed E-state index contributed by atoms with van der Waals surface area (Å²) >= 11 is 0. The number of nitrogens with two attached hydrogens (primary N) is 1. The minimum Gasteiger partial charge on any atom is -0.391 e.